The molecule has 17 heavy (non-hydrogen) atoms. The van der Waals surface area contributed by atoms with E-state index in [0.29, 0.717) is 17.0 Å². The lowest BCUT2D eigenvalue weighted by Gasteiger charge is -2.02. The van der Waals surface area contributed by atoms with E-state index in [2.05, 4.69) is 10.0 Å². The zero-order valence-electron chi connectivity index (χ0n) is 9.00. The summed E-state index contributed by atoms with van der Waals surface area (Å²) in [5.74, 6) is 0.0346. The van der Waals surface area contributed by atoms with Gasteiger partial charge in [-0.05, 0) is 19.1 Å². The summed E-state index contributed by atoms with van der Waals surface area (Å²) in [4.78, 5) is 3.27. The summed E-state index contributed by atoms with van der Waals surface area (Å²) >= 11 is 5.95. The topological polar surface area (TPSA) is 30.4 Å². The van der Waals surface area contributed by atoms with Gasteiger partial charge < -0.3 is 9.37 Å². The Morgan fingerprint density at radius 3 is 2.94 bits per heavy atom. The van der Waals surface area contributed by atoms with E-state index in [0.717, 1.165) is 0 Å². The maximum Gasteiger partial charge on any atom is 0.245 e. The molecule has 3 nitrogen and oxygen atoms in total. The molecule has 0 amide bonds. The Balaban J connectivity index is 2.65. The van der Waals surface area contributed by atoms with E-state index < -0.39 is 5.82 Å². The minimum absolute atomic E-state index is 0.0926. The molecule has 0 radical (unpaired) electrons. The van der Waals surface area contributed by atoms with Crippen molar-refractivity contribution in [2.75, 3.05) is 0 Å². The van der Waals surface area contributed by atoms with Crippen LogP contribution < -0.4 is 0 Å². The highest BCUT2D eigenvalue weighted by molar-refractivity contribution is 6.33. The van der Waals surface area contributed by atoms with Crippen molar-refractivity contribution < 1.29 is 8.91 Å². The van der Waals surface area contributed by atoms with Gasteiger partial charge in [0, 0.05) is 0 Å². The lowest BCUT2D eigenvalue weighted by molar-refractivity contribution is 0.398. The minimum atomic E-state index is -0.475. The number of hydrogen-bond acceptors (Lipinski definition) is 2. The molecule has 1 aromatic carbocycles. The molecular weight excluding hydrogens is 243 g/mol. The van der Waals surface area contributed by atoms with Crippen molar-refractivity contribution in [3.63, 3.8) is 0 Å². The third-order valence-electron chi connectivity index (χ3n) is 2.42. The van der Waals surface area contributed by atoms with E-state index >= 15 is 0 Å². The van der Waals surface area contributed by atoms with Crippen molar-refractivity contribution >= 4 is 11.6 Å². The number of aryl methyl sites for hydroxylation is 1. The van der Waals surface area contributed by atoms with Crippen LogP contribution in [-0.2, 0) is 6.54 Å². The Kier molecular flexibility index (Phi) is 3.12. The largest absolute Gasteiger partial charge is 0.360 e. The first-order valence-electron chi connectivity index (χ1n) is 4.88. The van der Waals surface area contributed by atoms with Crippen LogP contribution in [0.2, 0.25) is 5.02 Å². The van der Waals surface area contributed by atoms with E-state index in [1.807, 2.05) is 0 Å². The zero-order chi connectivity index (χ0) is 12.4. The zero-order valence-corrected chi connectivity index (χ0v) is 9.75. The fourth-order valence-electron chi connectivity index (χ4n) is 1.58. The monoisotopic (exact) mass is 250 g/mol. The maximum atomic E-state index is 13.7. The molecule has 0 unspecified atom stereocenters. The standard InChI is InChI=1S/C12H8ClFN2O/c1-7-8(6-15-2)12(16-17-7)11-9(13)4-3-5-10(11)14/h3-5H,6H2,1H3. The van der Waals surface area contributed by atoms with Crippen LogP contribution in [0.3, 0.4) is 0 Å². The predicted molar refractivity (Wildman–Crippen MR) is 62.0 cm³/mol. The van der Waals surface area contributed by atoms with E-state index in [-0.39, 0.29) is 17.1 Å². The van der Waals surface area contributed by atoms with Gasteiger partial charge in [-0.1, -0.05) is 22.8 Å². The third kappa shape index (κ3) is 2.02. The van der Waals surface area contributed by atoms with Gasteiger partial charge >= 0.3 is 0 Å². The second-order valence-corrected chi connectivity index (χ2v) is 3.89. The molecule has 0 atom stereocenters. The summed E-state index contributed by atoms with van der Waals surface area (Å²) in [7, 11) is 0. The van der Waals surface area contributed by atoms with Crippen LogP contribution in [0.25, 0.3) is 16.1 Å². The maximum absolute atomic E-state index is 13.7. The molecule has 0 aliphatic rings. The van der Waals surface area contributed by atoms with Crippen LogP contribution in [0.4, 0.5) is 4.39 Å². The highest BCUT2D eigenvalue weighted by Crippen LogP contribution is 2.33. The molecule has 86 valence electrons. The first-order chi connectivity index (χ1) is 8.15. The van der Waals surface area contributed by atoms with Crippen LogP contribution in [0.15, 0.2) is 22.7 Å². The van der Waals surface area contributed by atoms with Crippen LogP contribution in [-0.4, -0.2) is 5.16 Å². The number of nitrogens with zero attached hydrogens (tertiary/aromatic N) is 2. The molecule has 1 heterocycles. The van der Waals surface area contributed by atoms with Crippen molar-refractivity contribution in [1.29, 1.82) is 0 Å². The molecule has 0 bridgehead atoms. The Morgan fingerprint density at radius 1 is 1.53 bits per heavy atom. The molecule has 0 saturated heterocycles. The molecule has 0 N–H and O–H groups in total. The summed E-state index contributed by atoms with van der Waals surface area (Å²) in [6.07, 6.45) is 0. The van der Waals surface area contributed by atoms with Crippen molar-refractivity contribution in [2.45, 2.75) is 13.5 Å². The number of aromatic nitrogens is 1. The van der Waals surface area contributed by atoms with Gasteiger partial charge in [0.05, 0.1) is 10.6 Å². The van der Waals surface area contributed by atoms with Gasteiger partial charge in [-0.15, -0.1) is 0 Å². The molecule has 0 aliphatic carbocycles. The van der Waals surface area contributed by atoms with Crippen LogP contribution in [0.1, 0.15) is 11.3 Å². The van der Waals surface area contributed by atoms with E-state index in [9.17, 15) is 4.39 Å². The molecule has 0 spiro atoms. The molecule has 2 rings (SSSR count). The van der Waals surface area contributed by atoms with Crippen molar-refractivity contribution in [2.24, 2.45) is 0 Å². The Bertz CT molecular complexity index is 581. The van der Waals surface area contributed by atoms with Gasteiger partial charge in [-0.2, -0.15) is 0 Å². The van der Waals surface area contributed by atoms with Crippen LogP contribution in [0.5, 0.6) is 0 Å². The van der Waals surface area contributed by atoms with Gasteiger partial charge in [-0.3, -0.25) is 0 Å². The molecule has 0 aliphatic heterocycles. The molecule has 0 saturated carbocycles. The second kappa shape index (κ2) is 4.56. The van der Waals surface area contributed by atoms with Gasteiger partial charge in [0.15, 0.2) is 0 Å². The lowest BCUT2D eigenvalue weighted by Crippen LogP contribution is -1.91. The predicted octanol–water partition coefficient (Wildman–Crippen LogP) is 3.86. The molecule has 5 heteroatoms. The van der Waals surface area contributed by atoms with Crippen LogP contribution >= 0.6 is 11.6 Å². The van der Waals surface area contributed by atoms with Gasteiger partial charge in [0.2, 0.25) is 6.54 Å². The Morgan fingerprint density at radius 2 is 2.29 bits per heavy atom. The summed E-state index contributed by atoms with van der Waals surface area (Å²) in [5.41, 5.74) is 1.07. The average Bonchev–Trinajstić information content (AvgIpc) is 2.62. The number of hydrogen-bond donors (Lipinski definition) is 0. The Labute approximate surface area is 103 Å². The van der Waals surface area contributed by atoms with E-state index in [4.69, 9.17) is 22.7 Å². The summed E-state index contributed by atoms with van der Waals surface area (Å²) in [6.45, 7) is 8.65. The number of benzene rings is 1. The molecule has 0 fully saturated rings. The van der Waals surface area contributed by atoms with Gasteiger partial charge in [-0.25, -0.2) is 11.0 Å². The smallest absolute Gasteiger partial charge is 0.245 e. The fourth-order valence-corrected chi connectivity index (χ4v) is 1.83. The molecule has 1 aromatic heterocycles. The highest BCUT2D eigenvalue weighted by atomic mass is 35.5. The first-order valence-corrected chi connectivity index (χ1v) is 5.25. The highest BCUT2D eigenvalue weighted by Gasteiger charge is 2.21. The van der Waals surface area contributed by atoms with E-state index in [1.54, 1.807) is 13.0 Å². The summed E-state index contributed by atoms with van der Waals surface area (Å²) in [6, 6.07) is 4.39. The summed E-state index contributed by atoms with van der Waals surface area (Å²) in [5, 5.41) is 4.04. The second-order valence-electron chi connectivity index (χ2n) is 3.48. The SMILES string of the molecule is [C-]#[N+]Cc1c(-c2c(F)cccc2Cl)noc1C. The minimum Gasteiger partial charge on any atom is -0.360 e. The summed E-state index contributed by atoms with van der Waals surface area (Å²) < 4.78 is 18.7. The van der Waals surface area contributed by atoms with Gasteiger partial charge in [0.1, 0.15) is 22.8 Å². The van der Waals surface area contributed by atoms with Crippen molar-refractivity contribution in [3.05, 3.63) is 51.8 Å². The first kappa shape index (κ1) is 11.6. The van der Waals surface area contributed by atoms with E-state index in [1.165, 1.54) is 12.1 Å². The average molecular weight is 251 g/mol. The molecule has 2 aromatic rings. The Hall–Kier alpha value is -1.86. The fraction of sp³-hybridized carbons (Fsp3) is 0.167. The van der Waals surface area contributed by atoms with Crippen LogP contribution in [0, 0.1) is 19.3 Å². The van der Waals surface area contributed by atoms with Crippen molar-refractivity contribution in [1.82, 2.24) is 5.16 Å². The lowest BCUT2D eigenvalue weighted by atomic mass is 10.1. The number of halogens is 2. The third-order valence-corrected chi connectivity index (χ3v) is 2.74. The quantitative estimate of drug-likeness (QED) is 0.758. The van der Waals surface area contributed by atoms with Crippen molar-refractivity contribution in [3.8, 4) is 11.3 Å². The molecular formula is C12H8ClFN2O. The van der Waals surface area contributed by atoms with Gasteiger partial charge in [0.25, 0.3) is 0 Å². The normalized spacial score (nSPS) is 10.2. The number of rotatable bonds is 2.